The summed E-state index contributed by atoms with van der Waals surface area (Å²) in [6.45, 7) is 2.51. The third-order valence-corrected chi connectivity index (χ3v) is 6.06. The fourth-order valence-corrected chi connectivity index (χ4v) is 4.14. The summed E-state index contributed by atoms with van der Waals surface area (Å²) in [4.78, 5) is 52.1. The number of carbonyl (C=O) groups is 4. The number of piperidine rings is 1. The Morgan fingerprint density at radius 2 is 1.75 bits per heavy atom. The molecule has 0 aliphatic carbocycles. The first kappa shape index (κ1) is 23.4. The highest BCUT2D eigenvalue weighted by Crippen LogP contribution is 2.34. The van der Waals surface area contributed by atoms with Gasteiger partial charge in [-0.2, -0.15) is 0 Å². The molecule has 10 heteroatoms. The van der Waals surface area contributed by atoms with Crippen LogP contribution in [0.1, 0.15) is 26.2 Å². The third kappa shape index (κ3) is 4.95. The number of carboxylic acids is 1. The molecule has 1 aromatic rings. The molecule has 0 saturated carbocycles. The highest BCUT2D eigenvalue weighted by molar-refractivity contribution is 6.01. The van der Waals surface area contributed by atoms with Gasteiger partial charge in [0.2, 0.25) is 17.7 Å². The summed E-state index contributed by atoms with van der Waals surface area (Å²) in [5.74, 6) is -1.63. The minimum atomic E-state index is -0.844. The average Bonchev–Trinajstić information content (AvgIpc) is 3.19. The van der Waals surface area contributed by atoms with Gasteiger partial charge in [0, 0.05) is 37.8 Å². The molecule has 0 radical (unpaired) electrons. The summed E-state index contributed by atoms with van der Waals surface area (Å²) in [7, 11) is 3.03. The van der Waals surface area contributed by atoms with Gasteiger partial charge in [-0.15, -0.1) is 0 Å². The molecule has 32 heavy (non-hydrogen) atoms. The van der Waals surface area contributed by atoms with Gasteiger partial charge in [0.05, 0.1) is 26.1 Å². The smallest absolute Gasteiger partial charge is 0.306 e. The maximum Gasteiger partial charge on any atom is 0.306 e. The zero-order chi connectivity index (χ0) is 23.4. The van der Waals surface area contributed by atoms with Crippen molar-refractivity contribution in [2.24, 2.45) is 11.8 Å². The quantitative estimate of drug-likeness (QED) is 0.636. The molecular weight excluding hydrogens is 418 g/mol. The van der Waals surface area contributed by atoms with Crippen molar-refractivity contribution in [1.29, 1.82) is 0 Å². The van der Waals surface area contributed by atoms with Crippen LogP contribution in [0.2, 0.25) is 0 Å². The Balaban J connectivity index is 1.57. The van der Waals surface area contributed by atoms with Crippen LogP contribution in [0.3, 0.4) is 0 Å². The van der Waals surface area contributed by atoms with Crippen molar-refractivity contribution in [3.8, 4) is 11.5 Å². The van der Waals surface area contributed by atoms with Crippen LogP contribution in [-0.4, -0.2) is 73.6 Å². The third-order valence-electron chi connectivity index (χ3n) is 6.06. The SMILES string of the molecule is COc1ccc(N2CC(C(=O)NC(C)C(=O)N3CCC(C(=O)O)CC3)CC2=O)cc1OC. The second kappa shape index (κ2) is 9.88. The topological polar surface area (TPSA) is 125 Å². The van der Waals surface area contributed by atoms with Crippen LogP contribution in [0.5, 0.6) is 11.5 Å². The van der Waals surface area contributed by atoms with Crippen molar-refractivity contribution in [3.63, 3.8) is 0 Å². The first-order chi connectivity index (χ1) is 15.2. The number of rotatable bonds is 7. The molecule has 3 amide bonds. The number of hydrogen-bond acceptors (Lipinski definition) is 6. The molecule has 2 aliphatic rings. The fourth-order valence-electron chi connectivity index (χ4n) is 4.14. The van der Waals surface area contributed by atoms with E-state index < -0.39 is 23.8 Å². The molecule has 0 bridgehead atoms. The Morgan fingerprint density at radius 3 is 2.34 bits per heavy atom. The molecular formula is C22H29N3O7. The molecule has 2 unspecified atom stereocenters. The van der Waals surface area contributed by atoms with Crippen LogP contribution in [0, 0.1) is 11.8 Å². The van der Waals surface area contributed by atoms with Crippen LogP contribution >= 0.6 is 0 Å². The molecule has 2 saturated heterocycles. The lowest BCUT2D eigenvalue weighted by atomic mass is 9.96. The molecule has 10 nitrogen and oxygen atoms in total. The summed E-state index contributed by atoms with van der Waals surface area (Å²) in [5.41, 5.74) is 0.605. The first-order valence-corrected chi connectivity index (χ1v) is 10.6. The number of methoxy groups -OCH3 is 2. The van der Waals surface area contributed by atoms with E-state index in [1.165, 1.54) is 19.1 Å². The summed E-state index contributed by atoms with van der Waals surface area (Å²) in [5, 5.41) is 11.8. The van der Waals surface area contributed by atoms with Crippen molar-refractivity contribution < 1.29 is 33.8 Å². The van der Waals surface area contributed by atoms with E-state index in [2.05, 4.69) is 5.32 Å². The van der Waals surface area contributed by atoms with Crippen LogP contribution in [0.15, 0.2) is 18.2 Å². The van der Waals surface area contributed by atoms with Gasteiger partial charge in [-0.25, -0.2) is 0 Å². The van der Waals surface area contributed by atoms with E-state index in [0.29, 0.717) is 43.1 Å². The van der Waals surface area contributed by atoms with Crippen molar-refractivity contribution >= 4 is 29.4 Å². The van der Waals surface area contributed by atoms with Gasteiger partial charge in [-0.1, -0.05) is 0 Å². The fraction of sp³-hybridized carbons (Fsp3) is 0.545. The number of anilines is 1. The molecule has 174 valence electrons. The standard InChI is InChI=1S/C22H29N3O7/c1-13(21(28)24-8-6-14(7-9-24)22(29)30)23-20(27)15-10-19(26)25(12-15)16-4-5-17(31-2)18(11-16)32-3/h4-5,11,13-15H,6-10,12H2,1-3H3,(H,23,27)(H,29,30). The number of carbonyl (C=O) groups excluding carboxylic acids is 3. The van der Waals surface area contributed by atoms with Crippen LogP contribution in [0.25, 0.3) is 0 Å². The number of nitrogens with one attached hydrogen (secondary N) is 1. The minimum absolute atomic E-state index is 0.0467. The van der Waals surface area contributed by atoms with E-state index in [0.717, 1.165) is 0 Å². The number of aliphatic carboxylic acids is 1. The number of carboxylic acid groups (broad SMARTS) is 1. The second-order valence-electron chi connectivity index (χ2n) is 8.11. The maximum absolute atomic E-state index is 12.7. The Morgan fingerprint density at radius 1 is 1.09 bits per heavy atom. The number of amides is 3. The van der Waals surface area contributed by atoms with Gasteiger partial charge in [-0.05, 0) is 31.9 Å². The molecule has 2 N–H and O–H groups in total. The lowest BCUT2D eigenvalue weighted by molar-refractivity contribution is -0.146. The molecule has 1 aromatic carbocycles. The normalized spacial score (nSPS) is 20.1. The second-order valence-corrected chi connectivity index (χ2v) is 8.11. The van der Waals surface area contributed by atoms with Crippen LogP contribution < -0.4 is 19.7 Å². The van der Waals surface area contributed by atoms with Gasteiger partial charge in [0.25, 0.3) is 0 Å². The van der Waals surface area contributed by atoms with Gasteiger partial charge >= 0.3 is 5.97 Å². The molecule has 2 heterocycles. The largest absolute Gasteiger partial charge is 0.493 e. The molecule has 0 aromatic heterocycles. The van der Waals surface area contributed by atoms with Gasteiger partial charge < -0.3 is 29.7 Å². The summed E-state index contributed by atoms with van der Waals surface area (Å²) in [6.07, 6.45) is 0.851. The Hall–Kier alpha value is -3.30. The summed E-state index contributed by atoms with van der Waals surface area (Å²) >= 11 is 0. The molecule has 2 atom stereocenters. The summed E-state index contributed by atoms with van der Waals surface area (Å²) < 4.78 is 10.5. The molecule has 2 fully saturated rings. The van der Waals surface area contributed by atoms with Crippen molar-refractivity contribution in [1.82, 2.24) is 10.2 Å². The lowest BCUT2D eigenvalue weighted by Crippen LogP contribution is -2.51. The summed E-state index contributed by atoms with van der Waals surface area (Å²) in [6, 6.07) is 4.36. The molecule has 0 spiro atoms. The van der Waals surface area contributed by atoms with Crippen molar-refractivity contribution in [2.75, 3.05) is 38.8 Å². The van der Waals surface area contributed by atoms with E-state index in [9.17, 15) is 19.2 Å². The van der Waals surface area contributed by atoms with E-state index in [1.807, 2.05) is 0 Å². The van der Waals surface area contributed by atoms with Crippen LogP contribution in [0.4, 0.5) is 5.69 Å². The Bertz CT molecular complexity index is 896. The van der Waals surface area contributed by atoms with E-state index in [-0.39, 0.29) is 30.7 Å². The number of nitrogens with zero attached hydrogens (tertiary/aromatic N) is 2. The van der Waals surface area contributed by atoms with Gasteiger partial charge in [0.1, 0.15) is 6.04 Å². The zero-order valence-electron chi connectivity index (χ0n) is 18.5. The first-order valence-electron chi connectivity index (χ1n) is 10.6. The lowest BCUT2D eigenvalue weighted by Gasteiger charge is -2.32. The van der Waals surface area contributed by atoms with Gasteiger partial charge in [0.15, 0.2) is 11.5 Å². The zero-order valence-corrected chi connectivity index (χ0v) is 18.5. The van der Waals surface area contributed by atoms with Crippen LogP contribution in [-0.2, 0) is 19.2 Å². The number of likely N-dealkylation sites (tertiary alicyclic amines) is 1. The van der Waals surface area contributed by atoms with E-state index in [4.69, 9.17) is 14.6 Å². The van der Waals surface area contributed by atoms with E-state index >= 15 is 0 Å². The predicted octanol–water partition coefficient (Wildman–Crippen LogP) is 0.885. The molecule has 2 aliphatic heterocycles. The van der Waals surface area contributed by atoms with Crippen molar-refractivity contribution in [3.05, 3.63) is 18.2 Å². The minimum Gasteiger partial charge on any atom is -0.493 e. The average molecular weight is 447 g/mol. The van der Waals surface area contributed by atoms with Crippen molar-refractivity contribution in [2.45, 2.75) is 32.2 Å². The molecule has 3 rings (SSSR count). The maximum atomic E-state index is 12.7. The number of benzene rings is 1. The van der Waals surface area contributed by atoms with E-state index in [1.54, 1.807) is 30.0 Å². The highest BCUT2D eigenvalue weighted by atomic mass is 16.5. The highest BCUT2D eigenvalue weighted by Gasteiger charge is 2.37. The Labute approximate surface area is 186 Å². The monoisotopic (exact) mass is 447 g/mol. The predicted molar refractivity (Wildman–Crippen MR) is 115 cm³/mol. The number of ether oxygens (including phenoxy) is 2. The van der Waals surface area contributed by atoms with Gasteiger partial charge in [-0.3, -0.25) is 19.2 Å². The number of hydrogen-bond donors (Lipinski definition) is 2. The Kier molecular flexibility index (Phi) is 7.22.